The van der Waals surface area contributed by atoms with Crippen LogP contribution in [0.25, 0.3) is 0 Å². The lowest BCUT2D eigenvalue weighted by Gasteiger charge is -2.11. The van der Waals surface area contributed by atoms with E-state index in [2.05, 4.69) is 5.32 Å². The summed E-state index contributed by atoms with van der Waals surface area (Å²) < 4.78 is 5.36. The Morgan fingerprint density at radius 3 is 2.52 bits per heavy atom. The number of benzene rings is 2. The Bertz CT molecular complexity index is 654. The van der Waals surface area contributed by atoms with Crippen molar-refractivity contribution in [2.45, 2.75) is 6.92 Å². The largest absolute Gasteiger partial charge is 0.481 e. The van der Waals surface area contributed by atoms with E-state index in [0.717, 1.165) is 5.56 Å². The SMILES string of the molecule is Cc1cc(N)ccc1NC(=O)COc1c(Cl)cccc1Cl. The number of aryl methyl sites for hydroxylation is 1. The quantitative estimate of drug-likeness (QED) is 0.838. The zero-order valence-corrected chi connectivity index (χ0v) is 12.8. The minimum atomic E-state index is -0.307. The van der Waals surface area contributed by atoms with E-state index in [-0.39, 0.29) is 12.5 Å². The van der Waals surface area contributed by atoms with E-state index in [9.17, 15) is 4.79 Å². The number of amides is 1. The molecule has 3 N–H and O–H groups in total. The van der Waals surface area contributed by atoms with Gasteiger partial charge in [-0.05, 0) is 42.8 Å². The molecule has 0 bridgehead atoms. The Morgan fingerprint density at radius 2 is 1.90 bits per heavy atom. The van der Waals surface area contributed by atoms with Crippen LogP contribution in [-0.4, -0.2) is 12.5 Å². The molecule has 4 nitrogen and oxygen atoms in total. The number of hydrogen-bond acceptors (Lipinski definition) is 3. The van der Waals surface area contributed by atoms with Crippen LogP contribution in [0.3, 0.4) is 0 Å². The van der Waals surface area contributed by atoms with Crippen LogP contribution in [0.2, 0.25) is 10.0 Å². The zero-order valence-electron chi connectivity index (χ0n) is 11.3. The fourth-order valence-electron chi connectivity index (χ4n) is 1.77. The summed E-state index contributed by atoms with van der Waals surface area (Å²) in [5, 5.41) is 3.46. The van der Waals surface area contributed by atoms with E-state index in [0.29, 0.717) is 27.2 Å². The van der Waals surface area contributed by atoms with Gasteiger partial charge in [-0.3, -0.25) is 4.79 Å². The molecule has 0 radical (unpaired) electrons. The van der Waals surface area contributed by atoms with Crippen molar-refractivity contribution in [1.82, 2.24) is 0 Å². The molecular formula is C15H14Cl2N2O2. The number of nitrogen functional groups attached to an aromatic ring is 1. The highest BCUT2D eigenvalue weighted by molar-refractivity contribution is 6.37. The van der Waals surface area contributed by atoms with E-state index in [1.54, 1.807) is 36.4 Å². The van der Waals surface area contributed by atoms with Gasteiger partial charge in [-0.2, -0.15) is 0 Å². The van der Waals surface area contributed by atoms with Crippen molar-refractivity contribution in [3.05, 3.63) is 52.0 Å². The zero-order chi connectivity index (χ0) is 15.4. The first-order valence-corrected chi connectivity index (χ1v) is 6.96. The summed E-state index contributed by atoms with van der Waals surface area (Å²) in [5.41, 5.74) is 7.86. The lowest BCUT2D eigenvalue weighted by Crippen LogP contribution is -2.20. The van der Waals surface area contributed by atoms with Gasteiger partial charge in [0.05, 0.1) is 10.0 Å². The normalized spacial score (nSPS) is 10.2. The number of nitrogens with one attached hydrogen (secondary N) is 1. The average Bonchev–Trinajstić information content (AvgIpc) is 2.41. The van der Waals surface area contributed by atoms with Crippen molar-refractivity contribution in [3.8, 4) is 5.75 Å². The number of carbonyl (C=O) groups excluding carboxylic acids is 1. The fraction of sp³-hybridized carbons (Fsp3) is 0.133. The van der Waals surface area contributed by atoms with Gasteiger partial charge in [-0.25, -0.2) is 0 Å². The molecule has 2 aromatic rings. The third-order valence-corrected chi connectivity index (χ3v) is 3.39. The standard InChI is InChI=1S/C15H14Cl2N2O2/c1-9-7-10(18)5-6-13(9)19-14(20)8-21-15-11(16)3-2-4-12(15)17/h2-7H,8,18H2,1H3,(H,19,20). The van der Waals surface area contributed by atoms with Crippen LogP contribution in [0.5, 0.6) is 5.75 Å². The molecule has 0 atom stereocenters. The minimum Gasteiger partial charge on any atom is -0.481 e. The molecule has 0 spiro atoms. The van der Waals surface area contributed by atoms with Gasteiger partial charge in [0.15, 0.2) is 12.4 Å². The monoisotopic (exact) mass is 324 g/mol. The van der Waals surface area contributed by atoms with Gasteiger partial charge >= 0.3 is 0 Å². The maximum atomic E-state index is 11.9. The number of anilines is 2. The molecule has 0 saturated carbocycles. The Hall–Kier alpha value is -1.91. The average molecular weight is 325 g/mol. The van der Waals surface area contributed by atoms with Crippen molar-refractivity contribution in [2.24, 2.45) is 0 Å². The lowest BCUT2D eigenvalue weighted by atomic mass is 10.2. The number of para-hydroxylation sites is 1. The van der Waals surface area contributed by atoms with Crippen LogP contribution in [0, 0.1) is 6.92 Å². The molecule has 110 valence electrons. The molecule has 0 aliphatic heterocycles. The second kappa shape index (κ2) is 6.70. The minimum absolute atomic E-state index is 0.187. The maximum Gasteiger partial charge on any atom is 0.262 e. The third kappa shape index (κ3) is 4.03. The summed E-state index contributed by atoms with van der Waals surface area (Å²) in [6, 6.07) is 10.2. The molecule has 1 amide bonds. The third-order valence-electron chi connectivity index (χ3n) is 2.79. The van der Waals surface area contributed by atoms with Crippen molar-refractivity contribution in [3.63, 3.8) is 0 Å². The summed E-state index contributed by atoms with van der Waals surface area (Å²) in [5.74, 6) is -0.0103. The van der Waals surface area contributed by atoms with E-state index in [4.69, 9.17) is 33.7 Å². The van der Waals surface area contributed by atoms with Crippen molar-refractivity contribution in [1.29, 1.82) is 0 Å². The number of hydrogen-bond donors (Lipinski definition) is 2. The molecular weight excluding hydrogens is 311 g/mol. The molecule has 0 saturated heterocycles. The number of rotatable bonds is 4. The van der Waals surface area contributed by atoms with Gasteiger partial charge < -0.3 is 15.8 Å². The first kappa shape index (κ1) is 15.5. The predicted molar refractivity (Wildman–Crippen MR) is 86.2 cm³/mol. The summed E-state index contributed by atoms with van der Waals surface area (Å²) in [6.45, 7) is 1.67. The van der Waals surface area contributed by atoms with Crippen LogP contribution >= 0.6 is 23.2 Å². The van der Waals surface area contributed by atoms with Gasteiger partial charge in [0, 0.05) is 11.4 Å². The molecule has 0 fully saturated rings. The van der Waals surface area contributed by atoms with Gasteiger partial charge in [0.1, 0.15) is 0 Å². The number of carbonyl (C=O) groups is 1. The molecule has 0 unspecified atom stereocenters. The maximum absolute atomic E-state index is 11.9. The lowest BCUT2D eigenvalue weighted by molar-refractivity contribution is -0.118. The van der Waals surface area contributed by atoms with Crippen molar-refractivity contribution < 1.29 is 9.53 Å². The van der Waals surface area contributed by atoms with E-state index in [1.165, 1.54) is 0 Å². The van der Waals surface area contributed by atoms with Crippen LogP contribution in [0.15, 0.2) is 36.4 Å². The number of halogens is 2. The Morgan fingerprint density at radius 1 is 1.24 bits per heavy atom. The molecule has 0 aromatic heterocycles. The van der Waals surface area contributed by atoms with Crippen molar-refractivity contribution in [2.75, 3.05) is 17.7 Å². The molecule has 21 heavy (non-hydrogen) atoms. The predicted octanol–water partition coefficient (Wildman–Crippen LogP) is 3.90. The number of ether oxygens (including phenoxy) is 1. The highest BCUT2D eigenvalue weighted by atomic mass is 35.5. The molecule has 0 aliphatic rings. The van der Waals surface area contributed by atoms with Crippen molar-refractivity contribution >= 4 is 40.5 Å². The molecule has 0 aliphatic carbocycles. The van der Waals surface area contributed by atoms with Gasteiger partial charge in [0.25, 0.3) is 5.91 Å². The number of nitrogens with two attached hydrogens (primary N) is 1. The second-order valence-electron chi connectivity index (χ2n) is 4.46. The molecule has 6 heteroatoms. The topological polar surface area (TPSA) is 64.3 Å². The van der Waals surface area contributed by atoms with E-state index in [1.807, 2.05) is 6.92 Å². The summed E-state index contributed by atoms with van der Waals surface area (Å²) in [6.07, 6.45) is 0. The Labute approximate surface area is 132 Å². The van der Waals surface area contributed by atoms with E-state index < -0.39 is 0 Å². The van der Waals surface area contributed by atoms with Crippen LogP contribution in [0.1, 0.15) is 5.56 Å². The van der Waals surface area contributed by atoms with Gasteiger partial charge in [0.2, 0.25) is 0 Å². The van der Waals surface area contributed by atoms with Crippen LogP contribution in [0.4, 0.5) is 11.4 Å². The molecule has 2 aromatic carbocycles. The van der Waals surface area contributed by atoms with Gasteiger partial charge in [-0.15, -0.1) is 0 Å². The fourth-order valence-corrected chi connectivity index (χ4v) is 2.28. The first-order valence-electron chi connectivity index (χ1n) is 6.20. The Kier molecular flexibility index (Phi) is 4.94. The highest BCUT2D eigenvalue weighted by Gasteiger charge is 2.10. The summed E-state index contributed by atoms with van der Waals surface area (Å²) >= 11 is 11.9. The molecule has 0 heterocycles. The summed E-state index contributed by atoms with van der Waals surface area (Å²) in [4.78, 5) is 11.9. The second-order valence-corrected chi connectivity index (χ2v) is 5.28. The van der Waals surface area contributed by atoms with E-state index >= 15 is 0 Å². The van der Waals surface area contributed by atoms with Crippen LogP contribution in [-0.2, 0) is 4.79 Å². The highest BCUT2D eigenvalue weighted by Crippen LogP contribution is 2.32. The van der Waals surface area contributed by atoms with Crippen LogP contribution < -0.4 is 15.8 Å². The molecule has 2 rings (SSSR count). The summed E-state index contributed by atoms with van der Waals surface area (Å²) in [7, 11) is 0. The Balaban J connectivity index is 1.99. The van der Waals surface area contributed by atoms with Gasteiger partial charge in [-0.1, -0.05) is 29.3 Å². The smallest absolute Gasteiger partial charge is 0.262 e. The first-order chi connectivity index (χ1) is 9.97.